The Kier molecular flexibility index (Phi) is 4.17. The number of benzene rings is 1. The first-order chi connectivity index (χ1) is 10.5. The molecular formula is C15H11NO6. The van der Waals surface area contributed by atoms with E-state index in [4.69, 9.17) is 9.52 Å². The SMILES string of the molecule is C=CCc1c(-c2cccc([N+](=O)[O-])c2)occ(C(=O)O)c1=O. The molecule has 1 heterocycles. The van der Waals surface area contributed by atoms with Crippen molar-refractivity contribution in [3.05, 3.63) is 74.6 Å². The normalized spacial score (nSPS) is 10.2. The zero-order chi connectivity index (χ0) is 16.3. The van der Waals surface area contributed by atoms with Crippen LogP contribution in [0.4, 0.5) is 5.69 Å². The van der Waals surface area contributed by atoms with E-state index in [-0.39, 0.29) is 23.4 Å². The number of hydrogen-bond acceptors (Lipinski definition) is 5. The van der Waals surface area contributed by atoms with Crippen molar-refractivity contribution in [3.8, 4) is 11.3 Å². The molecule has 0 atom stereocenters. The van der Waals surface area contributed by atoms with Crippen molar-refractivity contribution in [2.45, 2.75) is 6.42 Å². The Morgan fingerprint density at radius 2 is 2.18 bits per heavy atom. The third-order valence-electron chi connectivity index (χ3n) is 2.99. The monoisotopic (exact) mass is 301 g/mol. The van der Waals surface area contributed by atoms with Crippen LogP contribution in [-0.2, 0) is 6.42 Å². The predicted molar refractivity (Wildman–Crippen MR) is 77.9 cm³/mol. The molecule has 0 saturated carbocycles. The summed E-state index contributed by atoms with van der Waals surface area (Å²) in [4.78, 5) is 33.4. The molecule has 0 aliphatic carbocycles. The number of carboxylic acid groups (broad SMARTS) is 1. The van der Waals surface area contributed by atoms with E-state index in [1.165, 1.54) is 30.3 Å². The summed E-state index contributed by atoms with van der Waals surface area (Å²) in [6.45, 7) is 3.52. The first kappa shape index (κ1) is 15.2. The molecule has 7 nitrogen and oxygen atoms in total. The van der Waals surface area contributed by atoms with Crippen LogP contribution >= 0.6 is 0 Å². The maximum Gasteiger partial charge on any atom is 0.342 e. The lowest BCUT2D eigenvalue weighted by Gasteiger charge is -2.07. The van der Waals surface area contributed by atoms with Gasteiger partial charge in [0, 0.05) is 23.3 Å². The van der Waals surface area contributed by atoms with Gasteiger partial charge in [-0.25, -0.2) is 4.79 Å². The van der Waals surface area contributed by atoms with E-state index in [0.717, 1.165) is 6.26 Å². The van der Waals surface area contributed by atoms with E-state index >= 15 is 0 Å². The topological polar surface area (TPSA) is 111 Å². The summed E-state index contributed by atoms with van der Waals surface area (Å²) in [7, 11) is 0. The van der Waals surface area contributed by atoms with E-state index < -0.39 is 21.9 Å². The van der Waals surface area contributed by atoms with E-state index in [9.17, 15) is 19.7 Å². The van der Waals surface area contributed by atoms with Crippen molar-refractivity contribution in [3.63, 3.8) is 0 Å². The molecule has 1 aromatic carbocycles. The fraction of sp³-hybridized carbons (Fsp3) is 0.0667. The lowest BCUT2D eigenvalue weighted by Crippen LogP contribution is -2.19. The van der Waals surface area contributed by atoms with Crippen molar-refractivity contribution in [2.75, 3.05) is 0 Å². The average Bonchev–Trinajstić information content (AvgIpc) is 2.49. The van der Waals surface area contributed by atoms with Crippen LogP contribution in [-0.4, -0.2) is 16.0 Å². The minimum Gasteiger partial charge on any atom is -0.477 e. The van der Waals surface area contributed by atoms with Crippen LogP contribution < -0.4 is 5.43 Å². The van der Waals surface area contributed by atoms with Gasteiger partial charge in [0.2, 0.25) is 5.43 Å². The van der Waals surface area contributed by atoms with Gasteiger partial charge in [0.1, 0.15) is 17.6 Å². The Bertz CT molecular complexity index is 821. The molecule has 7 heteroatoms. The lowest BCUT2D eigenvalue weighted by atomic mass is 10.0. The maximum atomic E-state index is 12.2. The highest BCUT2D eigenvalue weighted by Crippen LogP contribution is 2.26. The highest BCUT2D eigenvalue weighted by molar-refractivity contribution is 5.87. The van der Waals surface area contributed by atoms with Gasteiger partial charge in [-0.15, -0.1) is 6.58 Å². The quantitative estimate of drug-likeness (QED) is 0.516. The van der Waals surface area contributed by atoms with Crippen molar-refractivity contribution in [1.29, 1.82) is 0 Å². The van der Waals surface area contributed by atoms with Crippen LogP contribution in [0.2, 0.25) is 0 Å². The molecular weight excluding hydrogens is 290 g/mol. The maximum absolute atomic E-state index is 12.2. The highest BCUT2D eigenvalue weighted by atomic mass is 16.6. The van der Waals surface area contributed by atoms with Gasteiger partial charge < -0.3 is 9.52 Å². The van der Waals surface area contributed by atoms with Crippen molar-refractivity contribution < 1.29 is 19.2 Å². The zero-order valence-electron chi connectivity index (χ0n) is 11.3. The second-order valence-corrected chi connectivity index (χ2v) is 4.39. The summed E-state index contributed by atoms with van der Waals surface area (Å²) in [6.07, 6.45) is 2.35. The standard InChI is InChI=1S/C15H11NO6/c1-2-4-11-13(17)12(15(18)19)8-22-14(11)9-5-3-6-10(7-9)16(20)21/h2-3,5-8H,1,4H2,(H,18,19). The van der Waals surface area contributed by atoms with E-state index in [1.54, 1.807) is 0 Å². The van der Waals surface area contributed by atoms with Crippen LogP contribution in [0.15, 0.2) is 52.4 Å². The molecule has 2 rings (SSSR count). The molecule has 0 aliphatic rings. The van der Waals surface area contributed by atoms with Crippen molar-refractivity contribution in [1.82, 2.24) is 0 Å². The third kappa shape index (κ3) is 2.78. The second kappa shape index (κ2) is 6.04. The molecule has 2 aromatic rings. The molecule has 0 radical (unpaired) electrons. The van der Waals surface area contributed by atoms with E-state index in [2.05, 4.69) is 6.58 Å². The van der Waals surface area contributed by atoms with E-state index in [1.807, 2.05) is 0 Å². The zero-order valence-corrected chi connectivity index (χ0v) is 11.3. The van der Waals surface area contributed by atoms with Crippen LogP contribution in [0.1, 0.15) is 15.9 Å². The number of rotatable bonds is 5. The van der Waals surface area contributed by atoms with Gasteiger partial charge in [0.15, 0.2) is 0 Å². The van der Waals surface area contributed by atoms with Gasteiger partial charge in [-0.05, 0) is 6.42 Å². The Morgan fingerprint density at radius 3 is 2.77 bits per heavy atom. The molecule has 1 aromatic heterocycles. The summed E-state index contributed by atoms with van der Waals surface area (Å²) in [5.41, 5.74) is -0.936. The van der Waals surface area contributed by atoms with Gasteiger partial charge >= 0.3 is 5.97 Å². The third-order valence-corrected chi connectivity index (χ3v) is 2.99. The predicted octanol–water partition coefficient (Wildman–Crippen LogP) is 2.64. The van der Waals surface area contributed by atoms with Crippen LogP contribution in [0.5, 0.6) is 0 Å². The molecule has 0 saturated heterocycles. The molecule has 0 spiro atoms. The van der Waals surface area contributed by atoms with Crippen LogP contribution in [0, 0.1) is 10.1 Å². The average molecular weight is 301 g/mol. The molecule has 0 amide bonds. The number of carbonyl (C=O) groups is 1. The Hall–Kier alpha value is -3.22. The van der Waals surface area contributed by atoms with Gasteiger partial charge in [0.25, 0.3) is 5.69 Å². The number of allylic oxidation sites excluding steroid dienone is 1. The van der Waals surface area contributed by atoms with Gasteiger partial charge in [0.05, 0.1) is 4.92 Å². The molecule has 1 N–H and O–H groups in total. The summed E-state index contributed by atoms with van der Waals surface area (Å²) in [5.74, 6) is -1.30. The number of nitro benzene ring substituents is 1. The summed E-state index contributed by atoms with van der Waals surface area (Å²) >= 11 is 0. The fourth-order valence-electron chi connectivity index (χ4n) is 1.99. The van der Waals surface area contributed by atoms with Gasteiger partial charge in [-0.2, -0.15) is 0 Å². The first-order valence-electron chi connectivity index (χ1n) is 6.19. The summed E-state index contributed by atoms with van der Waals surface area (Å²) < 4.78 is 5.25. The molecule has 112 valence electrons. The number of non-ortho nitro benzene ring substituents is 1. The molecule has 0 aliphatic heterocycles. The Labute approximate surface area is 124 Å². The van der Waals surface area contributed by atoms with E-state index in [0.29, 0.717) is 5.56 Å². The smallest absolute Gasteiger partial charge is 0.342 e. The summed E-state index contributed by atoms with van der Waals surface area (Å²) in [6, 6.07) is 5.56. The van der Waals surface area contributed by atoms with Gasteiger partial charge in [-0.1, -0.05) is 18.2 Å². The second-order valence-electron chi connectivity index (χ2n) is 4.39. The van der Waals surface area contributed by atoms with Crippen molar-refractivity contribution in [2.24, 2.45) is 0 Å². The number of hydrogen-bond donors (Lipinski definition) is 1. The fourth-order valence-corrected chi connectivity index (χ4v) is 1.99. The lowest BCUT2D eigenvalue weighted by molar-refractivity contribution is -0.384. The number of nitrogens with zero attached hydrogens (tertiary/aromatic N) is 1. The number of nitro groups is 1. The minimum absolute atomic E-state index is 0.0848. The number of carboxylic acids is 1. The highest BCUT2D eigenvalue weighted by Gasteiger charge is 2.19. The minimum atomic E-state index is -1.40. The Morgan fingerprint density at radius 1 is 1.45 bits per heavy atom. The Balaban J connectivity index is 2.70. The molecule has 0 unspecified atom stereocenters. The van der Waals surface area contributed by atoms with Crippen LogP contribution in [0.3, 0.4) is 0 Å². The largest absolute Gasteiger partial charge is 0.477 e. The van der Waals surface area contributed by atoms with Gasteiger partial charge in [-0.3, -0.25) is 14.9 Å². The number of aromatic carboxylic acids is 1. The van der Waals surface area contributed by atoms with Crippen molar-refractivity contribution >= 4 is 11.7 Å². The summed E-state index contributed by atoms with van der Waals surface area (Å²) in [5, 5.41) is 19.8. The molecule has 22 heavy (non-hydrogen) atoms. The first-order valence-corrected chi connectivity index (χ1v) is 6.19. The van der Waals surface area contributed by atoms with Crippen LogP contribution in [0.25, 0.3) is 11.3 Å². The molecule has 0 fully saturated rings. The molecule has 0 bridgehead atoms.